The Morgan fingerprint density at radius 3 is 1.82 bits per heavy atom. The van der Waals surface area contributed by atoms with Crippen LogP contribution in [0.15, 0.2) is 83.2 Å². The van der Waals surface area contributed by atoms with Gasteiger partial charge in [0.1, 0.15) is 5.82 Å². The summed E-state index contributed by atoms with van der Waals surface area (Å²) in [5.74, 6) is -1.85. The van der Waals surface area contributed by atoms with Gasteiger partial charge in [-0.2, -0.15) is 13.2 Å². The van der Waals surface area contributed by atoms with E-state index in [9.17, 15) is 22.8 Å². The number of carboxylic acids is 1. The third-order valence-corrected chi connectivity index (χ3v) is 6.67. The maximum absolute atomic E-state index is 13.0. The molecule has 0 aromatic heterocycles. The first-order valence-electron chi connectivity index (χ1n) is 12.4. The molecule has 0 saturated heterocycles. The number of carbonyl (C=O) groups is 3. The summed E-state index contributed by atoms with van der Waals surface area (Å²) in [6, 6.07) is 15.6. The van der Waals surface area contributed by atoms with Crippen LogP contribution in [0.4, 0.5) is 24.5 Å². The van der Waals surface area contributed by atoms with E-state index in [2.05, 4.69) is 60.1 Å². The minimum Gasteiger partial charge on any atom is -0.475 e. The van der Waals surface area contributed by atoms with Gasteiger partial charge in [-0.3, -0.25) is 9.59 Å². The number of anilines is 2. The molecular weight excluding hydrogens is 497 g/mol. The molecule has 0 amide bonds. The fourth-order valence-corrected chi connectivity index (χ4v) is 5.00. The number of rotatable bonds is 3. The molecule has 0 fully saturated rings. The minimum absolute atomic E-state index is 0.126. The second kappa shape index (κ2) is 10.7. The molecule has 198 valence electrons. The smallest absolute Gasteiger partial charge is 0.475 e. The monoisotopic (exact) mass is 524 g/mol. The van der Waals surface area contributed by atoms with Crippen molar-refractivity contribution in [3.8, 4) is 0 Å². The summed E-state index contributed by atoms with van der Waals surface area (Å²) in [7, 11) is 0. The summed E-state index contributed by atoms with van der Waals surface area (Å²) in [6.07, 6.45) is 1.89. The van der Waals surface area contributed by atoms with Gasteiger partial charge in [0.15, 0.2) is 11.6 Å². The summed E-state index contributed by atoms with van der Waals surface area (Å²) < 4.78 is 31.7. The molecule has 2 aromatic carbocycles. The number of hydrogen-bond acceptors (Lipinski definition) is 5. The summed E-state index contributed by atoms with van der Waals surface area (Å²) in [6.45, 7) is 6.10. The van der Waals surface area contributed by atoms with Crippen molar-refractivity contribution in [1.29, 1.82) is 0 Å². The molecule has 0 radical (unpaired) electrons. The standard InChI is InChI=1S/C27H26N2O2.C2HF3O2/c1-3-28-22-14-7-8-15-23(22)29(4-2)24(28)17-18-10-9-11-19(16-18)25-26(30)20-12-5-6-13-21(20)27(25)31;3-2(4,5)1(6)7/h5-8,12-17H,3-4,9-11H2,1-2H3;(H,6,7). The Labute approximate surface area is 218 Å². The zero-order chi connectivity index (χ0) is 27.6. The average Bonchev–Trinajstić information content (AvgIpc) is 3.34. The van der Waals surface area contributed by atoms with Crippen LogP contribution in [0.1, 0.15) is 53.8 Å². The Balaban J connectivity index is 0.000000426. The summed E-state index contributed by atoms with van der Waals surface area (Å²) in [5.41, 5.74) is 5.94. The maximum Gasteiger partial charge on any atom is 0.490 e. The number of halogens is 3. The number of benzene rings is 2. The van der Waals surface area contributed by atoms with Crippen LogP contribution >= 0.6 is 0 Å². The van der Waals surface area contributed by atoms with E-state index in [-0.39, 0.29) is 11.6 Å². The van der Waals surface area contributed by atoms with Crippen molar-refractivity contribution in [2.24, 2.45) is 0 Å². The quantitative estimate of drug-likeness (QED) is 0.374. The average molecular weight is 525 g/mol. The first kappa shape index (κ1) is 26.9. The number of Topliss-reactive ketones (excluding diaryl/α,β-unsaturated/α-hetero) is 2. The maximum atomic E-state index is 13.0. The fourth-order valence-electron chi connectivity index (χ4n) is 5.00. The molecule has 1 heterocycles. The van der Waals surface area contributed by atoms with Crippen LogP contribution in [0.3, 0.4) is 0 Å². The molecule has 5 rings (SSSR count). The number of alkyl halides is 3. The van der Waals surface area contributed by atoms with E-state index in [1.54, 1.807) is 12.1 Å². The van der Waals surface area contributed by atoms with Crippen LogP contribution in [0.5, 0.6) is 0 Å². The van der Waals surface area contributed by atoms with Gasteiger partial charge in [-0.05, 0) is 62.5 Å². The zero-order valence-electron chi connectivity index (χ0n) is 21.0. The molecule has 2 aromatic rings. The molecule has 0 bridgehead atoms. The lowest BCUT2D eigenvalue weighted by Crippen LogP contribution is -2.28. The molecule has 0 spiro atoms. The van der Waals surface area contributed by atoms with Crippen molar-refractivity contribution < 1.29 is 32.7 Å². The number of allylic oxidation sites excluding steroid dienone is 5. The van der Waals surface area contributed by atoms with Crippen LogP contribution < -0.4 is 9.80 Å². The van der Waals surface area contributed by atoms with Crippen LogP contribution in [-0.4, -0.2) is 41.9 Å². The first-order chi connectivity index (χ1) is 18.1. The van der Waals surface area contributed by atoms with Crippen LogP contribution in [0.25, 0.3) is 0 Å². The lowest BCUT2D eigenvalue weighted by Gasteiger charge is -2.25. The summed E-state index contributed by atoms with van der Waals surface area (Å²) in [4.78, 5) is 39.5. The predicted molar refractivity (Wildman–Crippen MR) is 138 cm³/mol. The van der Waals surface area contributed by atoms with E-state index in [4.69, 9.17) is 9.90 Å². The second-order valence-electron chi connectivity index (χ2n) is 8.96. The SMILES string of the molecule is CCN1C(=CC2=CC(=C3C(=O)c4ccccc4C3=O)CCC2)N(CC)c2ccccc21.O=C(O)C(F)(F)F. The highest BCUT2D eigenvalue weighted by Gasteiger charge is 2.38. The Morgan fingerprint density at radius 1 is 0.895 bits per heavy atom. The van der Waals surface area contributed by atoms with Gasteiger partial charge in [0, 0.05) is 24.2 Å². The fraction of sp³-hybridized carbons (Fsp3) is 0.276. The van der Waals surface area contributed by atoms with Gasteiger partial charge in [0.25, 0.3) is 0 Å². The van der Waals surface area contributed by atoms with E-state index < -0.39 is 12.1 Å². The normalized spacial score (nSPS) is 16.7. The Kier molecular flexibility index (Phi) is 7.57. The summed E-state index contributed by atoms with van der Waals surface area (Å²) >= 11 is 0. The van der Waals surface area contributed by atoms with Crippen LogP contribution in [0.2, 0.25) is 0 Å². The Morgan fingerprint density at radius 2 is 1.37 bits per heavy atom. The third kappa shape index (κ3) is 5.01. The van der Waals surface area contributed by atoms with Gasteiger partial charge in [-0.1, -0.05) is 42.5 Å². The first-order valence-corrected chi connectivity index (χ1v) is 12.4. The topological polar surface area (TPSA) is 77.9 Å². The number of fused-ring (bicyclic) bond motifs is 2. The van der Waals surface area contributed by atoms with Crippen LogP contribution in [-0.2, 0) is 4.79 Å². The van der Waals surface area contributed by atoms with Gasteiger partial charge < -0.3 is 14.9 Å². The van der Waals surface area contributed by atoms with Gasteiger partial charge in [-0.25, -0.2) is 4.79 Å². The molecule has 9 heteroatoms. The van der Waals surface area contributed by atoms with Crippen LogP contribution in [0, 0.1) is 0 Å². The van der Waals surface area contributed by atoms with Gasteiger partial charge in [0.2, 0.25) is 0 Å². The van der Waals surface area contributed by atoms with Crippen molar-refractivity contribution in [2.75, 3.05) is 22.9 Å². The predicted octanol–water partition coefficient (Wildman–Crippen LogP) is 6.31. The number of hydrogen-bond donors (Lipinski definition) is 1. The number of aliphatic carboxylic acids is 1. The van der Waals surface area contributed by atoms with E-state index in [1.807, 2.05) is 12.1 Å². The van der Waals surface area contributed by atoms with Gasteiger partial charge in [0.05, 0.1) is 16.9 Å². The molecule has 2 aliphatic carbocycles. The minimum atomic E-state index is -5.08. The molecular formula is C29H27F3N2O4. The number of nitrogens with zero attached hydrogens (tertiary/aromatic N) is 2. The van der Waals surface area contributed by atoms with Crippen molar-refractivity contribution >= 4 is 28.9 Å². The van der Waals surface area contributed by atoms with Crippen molar-refractivity contribution in [2.45, 2.75) is 39.3 Å². The Hall–Kier alpha value is -4.14. The van der Waals surface area contributed by atoms with E-state index in [1.165, 1.54) is 16.9 Å². The highest BCUT2D eigenvalue weighted by Crippen LogP contribution is 2.42. The third-order valence-electron chi connectivity index (χ3n) is 6.67. The highest BCUT2D eigenvalue weighted by atomic mass is 19.4. The van der Waals surface area contributed by atoms with Gasteiger partial charge in [-0.15, -0.1) is 0 Å². The number of carboxylic acid groups (broad SMARTS) is 1. The van der Waals surface area contributed by atoms with Crippen molar-refractivity contribution in [3.05, 3.63) is 94.4 Å². The van der Waals surface area contributed by atoms with Crippen molar-refractivity contribution in [1.82, 2.24) is 0 Å². The molecule has 0 unspecified atom stereocenters. The molecule has 0 atom stereocenters. The number of ketones is 2. The van der Waals surface area contributed by atoms with E-state index in [0.717, 1.165) is 43.7 Å². The molecule has 38 heavy (non-hydrogen) atoms. The number of para-hydroxylation sites is 2. The highest BCUT2D eigenvalue weighted by molar-refractivity contribution is 6.40. The molecule has 1 aliphatic heterocycles. The van der Waals surface area contributed by atoms with Gasteiger partial charge >= 0.3 is 12.1 Å². The largest absolute Gasteiger partial charge is 0.490 e. The summed E-state index contributed by atoms with van der Waals surface area (Å²) in [5, 5.41) is 7.12. The molecule has 6 nitrogen and oxygen atoms in total. The Bertz CT molecular complexity index is 1320. The molecule has 3 aliphatic rings. The molecule has 0 saturated carbocycles. The van der Waals surface area contributed by atoms with Crippen molar-refractivity contribution in [3.63, 3.8) is 0 Å². The van der Waals surface area contributed by atoms with E-state index >= 15 is 0 Å². The second-order valence-corrected chi connectivity index (χ2v) is 8.96. The lowest BCUT2D eigenvalue weighted by atomic mass is 9.90. The van der Waals surface area contributed by atoms with E-state index in [0.29, 0.717) is 16.7 Å². The lowest BCUT2D eigenvalue weighted by molar-refractivity contribution is -0.192. The molecule has 1 N–H and O–H groups in total. The zero-order valence-corrected chi connectivity index (χ0v) is 21.0. The number of carbonyl (C=O) groups excluding carboxylic acids is 2.